The van der Waals surface area contributed by atoms with Crippen molar-refractivity contribution in [1.82, 2.24) is 5.32 Å². The molecule has 0 fully saturated rings. The molecule has 1 aromatic rings. The molecule has 1 amide bonds. The second kappa shape index (κ2) is 7.08. The number of nitrogens with one attached hydrogen (secondary N) is 1. The van der Waals surface area contributed by atoms with Crippen molar-refractivity contribution in [1.29, 1.82) is 0 Å². The highest BCUT2D eigenvalue weighted by Crippen LogP contribution is 2.21. The summed E-state index contributed by atoms with van der Waals surface area (Å²) in [5.41, 5.74) is 0.534. The number of ether oxygens (including phenoxy) is 2. The van der Waals surface area contributed by atoms with E-state index in [4.69, 9.17) is 0 Å². The van der Waals surface area contributed by atoms with E-state index < -0.39 is 23.9 Å². The van der Waals surface area contributed by atoms with Gasteiger partial charge in [-0.05, 0) is 27.6 Å². The first-order chi connectivity index (χ1) is 8.99. The molecule has 0 aromatic heterocycles. The van der Waals surface area contributed by atoms with Gasteiger partial charge in [0, 0.05) is 6.42 Å². The van der Waals surface area contributed by atoms with Crippen LogP contribution in [0.3, 0.4) is 0 Å². The van der Waals surface area contributed by atoms with E-state index in [1.807, 2.05) is 0 Å². The molecule has 104 valence electrons. The number of hydrogen-bond acceptors (Lipinski definition) is 4. The van der Waals surface area contributed by atoms with Gasteiger partial charge in [-0.25, -0.2) is 14.0 Å². The van der Waals surface area contributed by atoms with Gasteiger partial charge in [0.05, 0.1) is 18.7 Å². The Bertz CT molecular complexity index is 481. The third-order valence-corrected chi connectivity index (χ3v) is 3.31. The minimum atomic E-state index is -0.949. The van der Waals surface area contributed by atoms with Crippen molar-refractivity contribution in [2.75, 3.05) is 14.2 Å². The lowest BCUT2D eigenvalue weighted by molar-refractivity contribution is -0.142. The van der Waals surface area contributed by atoms with E-state index in [9.17, 15) is 14.0 Å². The van der Waals surface area contributed by atoms with E-state index in [2.05, 4.69) is 30.7 Å². The van der Waals surface area contributed by atoms with Gasteiger partial charge in [0.1, 0.15) is 11.9 Å². The highest BCUT2D eigenvalue weighted by molar-refractivity contribution is 9.10. The van der Waals surface area contributed by atoms with Crippen molar-refractivity contribution in [3.05, 3.63) is 34.1 Å². The molecular weight excluding hydrogens is 321 g/mol. The largest absolute Gasteiger partial charge is 0.467 e. The van der Waals surface area contributed by atoms with E-state index in [-0.39, 0.29) is 10.9 Å². The average molecular weight is 334 g/mol. The fourth-order valence-corrected chi connectivity index (χ4v) is 1.89. The molecule has 0 heterocycles. The number of methoxy groups -OCH3 is 2. The second-order valence-electron chi connectivity index (χ2n) is 3.63. The van der Waals surface area contributed by atoms with Gasteiger partial charge in [-0.15, -0.1) is 0 Å². The van der Waals surface area contributed by atoms with Gasteiger partial charge >= 0.3 is 12.1 Å². The lowest BCUT2D eigenvalue weighted by atomic mass is 10.1. The fraction of sp³-hybridized carbons (Fsp3) is 0.333. The maximum absolute atomic E-state index is 13.4. The molecule has 0 bridgehead atoms. The zero-order valence-corrected chi connectivity index (χ0v) is 12.0. The Morgan fingerprint density at radius 2 is 2.05 bits per heavy atom. The third-order valence-electron chi connectivity index (χ3n) is 2.42. The predicted octanol–water partition coefficient (Wildman–Crippen LogP) is 2.03. The zero-order valence-electron chi connectivity index (χ0n) is 10.4. The summed E-state index contributed by atoms with van der Waals surface area (Å²) in [6.45, 7) is 0. The van der Waals surface area contributed by atoms with Crippen LogP contribution in [0.2, 0.25) is 0 Å². The van der Waals surface area contributed by atoms with Crippen LogP contribution in [0, 0.1) is 5.82 Å². The lowest BCUT2D eigenvalue weighted by Crippen LogP contribution is -2.43. The Balaban J connectivity index is 2.91. The Hall–Kier alpha value is -1.63. The predicted molar refractivity (Wildman–Crippen MR) is 69.1 cm³/mol. The van der Waals surface area contributed by atoms with Crippen LogP contribution in [0.25, 0.3) is 0 Å². The van der Waals surface area contributed by atoms with E-state index in [0.717, 1.165) is 0 Å². The Morgan fingerprint density at radius 3 is 2.63 bits per heavy atom. The zero-order chi connectivity index (χ0) is 14.4. The van der Waals surface area contributed by atoms with Crippen LogP contribution in [0.15, 0.2) is 22.7 Å². The molecule has 1 N–H and O–H groups in total. The van der Waals surface area contributed by atoms with Gasteiger partial charge in [-0.2, -0.15) is 0 Å². The number of halogens is 2. The topological polar surface area (TPSA) is 64.6 Å². The fourth-order valence-electron chi connectivity index (χ4n) is 1.46. The second-order valence-corrected chi connectivity index (χ2v) is 4.42. The minimum absolute atomic E-state index is 0.0834. The molecule has 19 heavy (non-hydrogen) atoms. The Kier molecular flexibility index (Phi) is 5.75. The SMILES string of the molecule is COC(=O)NC(Cc1cccc(F)c1Br)C(=O)OC. The molecule has 0 aliphatic rings. The summed E-state index contributed by atoms with van der Waals surface area (Å²) in [5.74, 6) is -1.08. The van der Waals surface area contributed by atoms with Crippen molar-refractivity contribution in [3.63, 3.8) is 0 Å². The van der Waals surface area contributed by atoms with E-state index in [0.29, 0.717) is 5.56 Å². The van der Waals surface area contributed by atoms with E-state index in [1.165, 1.54) is 26.4 Å². The van der Waals surface area contributed by atoms with Crippen molar-refractivity contribution >= 4 is 28.0 Å². The Labute approximate surface area is 118 Å². The number of benzene rings is 1. The first-order valence-corrected chi connectivity index (χ1v) is 6.14. The summed E-state index contributed by atoms with van der Waals surface area (Å²) >= 11 is 3.09. The number of rotatable bonds is 4. The Morgan fingerprint density at radius 1 is 1.37 bits per heavy atom. The molecule has 0 spiro atoms. The quantitative estimate of drug-likeness (QED) is 0.856. The molecule has 0 radical (unpaired) electrons. The van der Waals surface area contributed by atoms with Crippen LogP contribution >= 0.6 is 15.9 Å². The highest BCUT2D eigenvalue weighted by atomic mass is 79.9. The summed E-state index contributed by atoms with van der Waals surface area (Å²) in [5, 5.41) is 2.33. The summed E-state index contributed by atoms with van der Waals surface area (Å²) in [4.78, 5) is 22.7. The number of carbonyl (C=O) groups excluding carboxylic acids is 2. The summed E-state index contributed by atoms with van der Waals surface area (Å²) in [7, 11) is 2.39. The van der Waals surface area contributed by atoms with Gasteiger partial charge in [-0.3, -0.25) is 0 Å². The van der Waals surface area contributed by atoms with Crippen molar-refractivity contribution in [2.24, 2.45) is 0 Å². The van der Waals surface area contributed by atoms with Crippen LogP contribution in [0.1, 0.15) is 5.56 Å². The first kappa shape index (κ1) is 15.4. The molecule has 1 rings (SSSR count). The van der Waals surface area contributed by atoms with Crippen LogP contribution < -0.4 is 5.32 Å². The van der Waals surface area contributed by atoms with Gasteiger partial charge in [-0.1, -0.05) is 12.1 Å². The average Bonchev–Trinajstić information content (AvgIpc) is 2.41. The molecule has 1 unspecified atom stereocenters. The van der Waals surface area contributed by atoms with E-state index in [1.54, 1.807) is 6.07 Å². The summed E-state index contributed by atoms with van der Waals surface area (Å²) < 4.78 is 22.6. The van der Waals surface area contributed by atoms with Gasteiger partial charge in [0.25, 0.3) is 0 Å². The first-order valence-electron chi connectivity index (χ1n) is 5.34. The molecule has 0 saturated carbocycles. The number of carbonyl (C=O) groups is 2. The van der Waals surface area contributed by atoms with Crippen LogP contribution in [0.4, 0.5) is 9.18 Å². The van der Waals surface area contributed by atoms with Gasteiger partial charge < -0.3 is 14.8 Å². The molecule has 1 aromatic carbocycles. The van der Waals surface area contributed by atoms with Crippen molar-refractivity contribution in [3.8, 4) is 0 Å². The smallest absolute Gasteiger partial charge is 0.407 e. The standard InChI is InChI=1S/C12H13BrFNO4/c1-18-11(16)9(15-12(17)19-2)6-7-4-3-5-8(14)10(7)13/h3-5,9H,6H2,1-2H3,(H,15,17). The molecule has 0 saturated heterocycles. The number of alkyl carbamates (subject to hydrolysis) is 1. The molecule has 7 heteroatoms. The summed E-state index contributed by atoms with van der Waals surface area (Å²) in [6.07, 6.45) is -0.678. The monoisotopic (exact) mass is 333 g/mol. The van der Waals surface area contributed by atoms with Gasteiger partial charge in [0.15, 0.2) is 0 Å². The van der Waals surface area contributed by atoms with Crippen LogP contribution in [-0.4, -0.2) is 32.3 Å². The lowest BCUT2D eigenvalue weighted by Gasteiger charge is -2.16. The van der Waals surface area contributed by atoms with Crippen LogP contribution in [0.5, 0.6) is 0 Å². The van der Waals surface area contributed by atoms with Crippen LogP contribution in [-0.2, 0) is 20.7 Å². The normalized spacial score (nSPS) is 11.6. The molecule has 5 nitrogen and oxygen atoms in total. The van der Waals surface area contributed by atoms with Crippen molar-refractivity contribution < 1.29 is 23.5 Å². The molecule has 0 aliphatic heterocycles. The minimum Gasteiger partial charge on any atom is -0.467 e. The molecular formula is C12H13BrFNO4. The number of amides is 1. The maximum Gasteiger partial charge on any atom is 0.407 e. The van der Waals surface area contributed by atoms with Crippen molar-refractivity contribution in [2.45, 2.75) is 12.5 Å². The molecule has 0 aliphatic carbocycles. The summed E-state index contributed by atoms with van der Waals surface area (Å²) in [6, 6.07) is 3.49. The maximum atomic E-state index is 13.4. The van der Waals surface area contributed by atoms with Gasteiger partial charge in [0.2, 0.25) is 0 Å². The van der Waals surface area contributed by atoms with E-state index >= 15 is 0 Å². The highest BCUT2D eigenvalue weighted by Gasteiger charge is 2.23. The third kappa shape index (κ3) is 4.20. The number of esters is 1. The number of hydrogen-bond donors (Lipinski definition) is 1. The molecule has 1 atom stereocenters.